The van der Waals surface area contributed by atoms with Gasteiger partial charge in [-0.1, -0.05) is 35.1 Å². The monoisotopic (exact) mass is 558 g/mol. The predicted octanol–water partition coefficient (Wildman–Crippen LogP) is 4.00. The molecule has 13 heteroatoms. The number of benzene rings is 1. The third kappa shape index (κ3) is 7.38. The molecule has 1 fully saturated rings. The largest absolute Gasteiger partial charge is 0.354 e. The number of aryl methyl sites for hydroxylation is 2. The van der Waals surface area contributed by atoms with Crippen LogP contribution in [0.3, 0.4) is 0 Å². The molecule has 0 bridgehead atoms. The molecular formula is C25H31ClN8O3S. The number of rotatable bonds is 10. The van der Waals surface area contributed by atoms with Crippen LogP contribution in [0.5, 0.6) is 0 Å². The van der Waals surface area contributed by atoms with Gasteiger partial charge in [-0.25, -0.2) is 20.4 Å². The van der Waals surface area contributed by atoms with E-state index in [-0.39, 0.29) is 11.8 Å². The lowest BCUT2D eigenvalue weighted by atomic mass is 10.2. The van der Waals surface area contributed by atoms with Gasteiger partial charge >= 0.3 is 0 Å². The third-order valence-corrected chi connectivity index (χ3v) is 7.43. The quantitative estimate of drug-likeness (QED) is 0.165. The first-order valence-electron chi connectivity index (χ1n) is 12.4. The van der Waals surface area contributed by atoms with E-state index >= 15 is 0 Å². The standard InChI is InChI=1S/C25H31ClN8O3S/c1-16-6-5-7-18(26)23(16)31-24(36)19-15-27-25(38-19)30-20-14-21(29-17(2)28-20)34-12-10-33(11-13-34)9-4-3-8-22(35)32-37/h5-7,14-15,37H,3-4,8-13H2,1-2H3,(H,31,36)(H,32,35)(H,27,28,29,30). The second-order valence-corrected chi connectivity index (χ2v) is 10.5. The summed E-state index contributed by atoms with van der Waals surface area (Å²) in [5.41, 5.74) is 3.14. The van der Waals surface area contributed by atoms with E-state index in [2.05, 4.69) is 35.4 Å². The predicted molar refractivity (Wildman–Crippen MR) is 149 cm³/mol. The number of carbonyl (C=O) groups excluding carboxylic acids is 2. The SMILES string of the molecule is Cc1nc(Nc2ncc(C(=O)Nc3c(C)cccc3Cl)s2)cc(N2CCN(CCCCC(=O)NO)CC2)n1. The lowest BCUT2D eigenvalue weighted by Crippen LogP contribution is -2.47. The first-order valence-corrected chi connectivity index (χ1v) is 13.6. The van der Waals surface area contributed by atoms with Crippen molar-refractivity contribution in [3.63, 3.8) is 0 Å². The molecule has 0 aliphatic carbocycles. The molecule has 38 heavy (non-hydrogen) atoms. The number of thiazole rings is 1. The van der Waals surface area contributed by atoms with Gasteiger partial charge in [-0.15, -0.1) is 0 Å². The maximum atomic E-state index is 12.8. The Balaban J connectivity index is 1.32. The fraction of sp³-hybridized carbons (Fsp3) is 0.400. The molecule has 202 valence electrons. The number of nitrogens with one attached hydrogen (secondary N) is 3. The van der Waals surface area contributed by atoms with E-state index in [1.54, 1.807) is 11.5 Å². The summed E-state index contributed by atoms with van der Waals surface area (Å²) < 4.78 is 0. The Morgan fingerprint density at radius 3 is 2.66 bits per heavy atom. The van der Waals surface area contributed by atoms with Crippen molar-refractivity contribution < 1.29 is 14.8 Å². The molecule has 3 aromatic rings. The molecule has 1 aliphatic heterocycles. The first-order chi connectivity index (χ1) is 18.3. The highest BCUT2D eigenvalue weighted by molar-refractivity contribution is 7.17. The van der Waals surface area contributed by atoms with Crippen molar-refractivity contribution in [2.75, 3.05) is 48.3 Å². The average Bonchev–Trinajstić information content (AvgIpc) is 3.37. The van der Waals surface area contributed by atoms with Gasteiger partial charge in [0.2, 0.25) is 5.91 Å². The minimum absolute atomic E-state index is 0.277. The van der Waals surface area contributed by atoms with Crippen LogP contribution in [0.2, 0.25) is 5.02 Å². The van der Waals surface area contributed by atoms with E-state index in [1.165, 1.54) is 17.5 Å². The molecular weight excluding hydrogens is 528 g/mol. The number of hydroxylamine groups is 1. The van der Waals surface area contributed by atoms with Gasteiger partial charge in [-0.05, 0) is 44.9 Å². The van der Waals surface area contributed by atoms with Crippen molar-refractivity contribution >= 4 is 57.2 Å². The molecule has 11 nitrogen and oxygen atoms in total. The van der Waals surface area contributed by atoms with Gasteiger partial charge < -0.3 is 15.5 Å². The topological polar surface area (TPSA) is 136 Å². The zero-order valence-electron chi connectivity index (χ0n) is 21.3. The minimum Gasteiger partial charge on any atom is -0.354 e. The molecule has 1 aromatic carbocycles. The average molecular weight is 559 g/mol. The maximum Gasteiger partial charge on any atom is 0.267 e. The minimum atomic E-state index is -0.345. The summed E-state index contributed by atoms with van der Waals surface area (Å²) in [5, 5.41) is 15.7. The molecule has 0 spiro atoms. The normalized spacial score (nSPS) is 13.8. The van der Waals surface area contributed by atoms with Gasteiger partial charge in [0.1, 0.15) is 22.3 Å². The van der Waals surface area contributed by atoms with Crippen molar-refractivity contribution in [2.45, 2.75) is 33.1 Å². The Bertz CT molecular complexity index is 1260. The highest BCUT2D eigenvalue weighted by atomic mass is 35.5. The number of amides is 2. The van der Waals surface area contributed by atoms with Crippen LogP contribution in [0.1, 0.15) is 40.3 Å². The number of hydrogen-bond acceptors (Lipinski definition) is 10. The second-order valence-electron chi connectivity index (χ2n) is 9.02. The molecule has 2 amide bonds. The van der Waals surface area contributed by atoms with Gasteiger partial charge in [-0.2, -0.15) is 0 Å². The molecule has 4 N–H and O–H groups in total. The van der Waals surface area contributed by atoms with E-state index in [4.69, 9.17) is 16.8 Å². The number of nitrogens with zero attached hydrogens (tertiary/aromatic N) is 5. The van der Waals surface area contributed by atoms with Crippen LogP contribution in [0.4, 0.5) is 22.5 Å². The first kappa shape index (κ1) is 27.7. The molecule has 2 aromatic heterocycles. The van der Waals surface area contributed by atoms with Gasteiger partial charge in [-0.3, -0.25) is 19.7 Å². The summed E-state index contributed by atoms with van der Waals surface area (Å²) in [6, 6.07) is 7.36. The number of hydrogen-bond donors (Lipinski definition) is 4. The van der Waals surface area contributed by atoms with Gasteiger partial charge in [0, 0.05) is 38.7 Å². The lowest BCUT2D eigenvalue weighted by Gasteiger charge is -2.35. The van der Waals surface area contributed by atoms with Crippen LogP contribution in [0.15, 0.2) is 30.5 Å². The number of carbonyl (C=O) groups is 2. The molecule has 3 heterocycles. The molecule has 4 rings (SSSR count). The summed E-state index contributed by atoms with van der Waals surface area (Å²) in [7, 11) is 0. The van der Waals surface area contributed by atoms with Crippen LogP contribution in [-0.4, -0.2) is 69.6 Å². The molecule has 0 unspecified atom stereocenters. The van der Waals surface area contributed by atoms with E-state index in [1.807, 2.05) is 32.0 Å². The lowest BCUT2D eigenvalue weighted by molar-refractivity contribution is -0.129. The Morgan fingerprint density at radius 1 is 1.13 bits per heavy atom. The fourth-order valence-electron chi connectivity index (χ4n) is 4.17. The molecule has 0 atom stereocenters. The zero-order chi connectivity index (χ0) is 27.1. The molecule has 0 radical (unpaired) electrons. The van der Waals surface area contributed by atoms with Crippen molar-refractivity contribution in [3.05, 3.63) is 51.7 Å². The van der Waals surface area contributed by atoms with E-state index < -0.39 is 0 Å². The highest BCUT2D eigenvalue weighted by Gasteiger charge is 2.20. The summed E-state index contributed by atoms with van der Waals surface area (Å²) in [6.45, 7) is 8.10. The number of unbranched alkanes of at least 4 members (excludes halogenated alkanes) is 1. The van der Waals surface area contributed by atoms with Gasteiger partial charge in [0.05, 0.1) is 16.9 Å². The van der Waals surface area contributed by atoms with Crippen LogP contribution in [0, 0.1) is 13.8 Å². The Morgan fingerprint density at radius 2 is 1.92 bits per heavy atom. The van der Waals surface area contributed by atoms with Crippen molar-refractivity contribution in [3.8, 4) is 0 Å². The Kier molecular flexibility index (Phi) is 9.45. The summed E-state index contributed by atoms with van der Waals surface area (Å²) in [4.78, 5) is 42.4. The molecule has 1 saturated heterocycles. The highest BCUT2D eigenvalue weighted by Crippen LogP contribution is 2.28. The van der Waals surface area contributed by atoms with Crippen LogP contribution in [0.25, 0.3) is 0 Å². The number of piperazine rings is 1. The van der Waals surface area contributed by atoms with Gasteiger partial charge in [0.25, 0.3) is 5.91 Å². The summed E-state index contributed by atoms with van der Waals surface area (Å²) in [5.74, 6) is 1.46. The van der Waals surface area contributed by atoms with E-state index in [0.717, 1.165) is 56.9 Å². The Labute approximate surface area is 230 Å². The maximum absolute atomic E-state index is 12.8. The second kappa shape index (κ2) is 13.0. The number of halogens is 1. The summed E-state index contributed by atoms with van der Waals surface area (Å²) in [6.07, 6.45) is 3.50. The molecule has 1 aliphatic rings. The van der Waals surface area contributed by atoms with Crippen molar-refractivity contribution in [1.29, 1.82) is 0 Å². The van der Waals surface area contributed by atoms with E-state index in [9.17, 15) is 9.59 Å². The van der Waals surface area contributed by atoms with Crippen LogP contribution < -0.4 is 21.0 Å². The molecule has 0 saturated carbocycles. The number of anilines is 4. The van der Waals surface area contributed by atoms with Gasteiger partial charge in [0.15, 0.2) is 5.13 Å². The smallest absolute Gasteiger partial charge is 0.267 e. The fourth-order valence-corrected chi connectivity index (χ4v) is 5.15. The number of para-hydroxylation sites is 1. The summed E-state index contributed by atoms with van der Waals surface area (Å²) >= 11 is 7.47. The van der Waals surface area contributed by atoms with Crippen molar-refractivity contribution in [2.24, 2.45) is 0 Å². The zero-order valence-corrected chi connectivity index (χ0v) is 22.9. The van der Waals surface area contributed by atoms with Crippen LogP contribution in [-0.2, 0) is 4.79 Å². The third-order valence-electron chi connectivity index (χ3n) is 6.20. The van der Waals surface area contributed by atoms with Crippen molar-refractivity contribution in [1.82, 2.24) is 25.3 Å². The number of aromatic nitrogens is 3. The Hall–Kier alpha value is -3.32. The van der Waals surface area contributed by atoms with Crippen LogP contribution >= 0.6 is 22.9 Å². The van der Waals surface area contributed by atoms with E-state index in [0.29, 0.717) is 38.8 Å².